The van der Waals surface area contributed by atoms with E-state index in [0.29, 0.717) is 11.8 Å². The lowest BCUT2D eigenvalue weighted by molar-refractivity contribution is 0.319. The van der Waals surface area contributed by atoms with E-state index < -0.39 is 0 Å². The van der Waals surface area contributed by atoms with Crippen LogP contribution < -0.4 is 5.32 Å². The second kappa shape index (κ2) is 5.43. The van der Waals surface area contributed by atoms with Crippen molar-refractivity contribution in [1.82, 2.24) is 15.5 Å². The Balaban J connectivity index is 1.90. The van der Waals surface area contributed by atoms with Gasteiger partial charge in [-0.15, -0.1) is 0 Å². The molecule has 1 N–H and O–H groups in total. The molecule has 0 bridgehead atoms. The highest BCUT2D eigenvalue weighted by molar-refractivity contribution is 4.96. The topological polar surface area (TPSA) is 51.0 Å². The Bertz CT molecular complexity index is 316. The molecule has 0 amide bonds. The number of nitrogens with zero attached hydrogens (tertiary/aromatic N) is 2. The molecule has 1 unspecified atom stereocenters. The number of aromatic nitrogens is 2. The third-order valence-electron chi connectivity index (χ3n) is 3.08. The van der Waals surface area contributed by atoms with Crippen molar-refractivity contribution in [2.75, 3.05) is 13.1 Å². The Kier molecular flexibility index (Phi) is 3.93. The molecule has 0 spiro atoms. The first-order valence-electron chi connectivity index (χ1n) is 6.29. The summed E-state index contributed by atoms with van der Waals surface area (Å²) in [5.74, 6) is 2.81. The minimum absolute atomic E-state index is 0.425. The molecule has 90 valence electrons. The van der Waals surface area contributed by atoms with Crippen molar-refractivity contribution in [2.45, 2.75) is 45.4 Å². The first kappa shape index (κ1) is 11.6. The van der Waals surface area contributed by atoms with Crippen molar-refractivity contribution >= 4 is 0 Å². The van der Waals surface area contributed by atoms with E-state index in [-0.39, 0.29) is 0 Å². The Labute approximate surface area is 96.8 Å². The van der Waals surface area contributed by atoms with E-state index in [2.05, 4.69) is 29.3 Å². The van der Waals surface area contributed by atoms with Crippen molar-refractivity contribution in [2.24, 2.45) is 5.92 Å². The maximum Gasteiger partial charge on any atom is 0.231 e. The van der Waals surface area contributed by atoms with E-state index in [4.69, 9.17) is 4.52 Å². The minimum Gasteiger partial charge on any atom is -0.339 e. The molecule has 0 aromatic carbocycles. The zero-order valence-corrected chi connectivity index (χ0v) is 10.2. The summed E-state index contributed by atoms with van der Waals surface area (Å²) in [5.41, 5.74) is 0. The van der Waals surface area contributed by atoms with E-state index in [1.165, 1.54) is 12.8 Å². The van der Waals surface area contributed by atoms with Gasteiger partial charge in [0, 0.05) is 13.0 Å². The highest BCUT2D eigenvalue weighted by atomic mass is 16.5. The molecular formula is C12H21N3O. The molecule has 1 aliphatic heterocycles. The highest BCUT2D eigenvalue weighted by Crippen LogP contribution is 2.21. The largest absolute Gasteiger partial charge is 0.339 e. The number of rotatable bonds is 4. The molecule has 0 saturated carbocycles. The normalized spacial score (nSPS) is 21.6. The van der Waals surface area contributed by atoms with Crippen molar-refractivity contribution in [3.8, 4) is 0 Å². The first-order valence-corrected chi connectivity index (χ1v) is 6.29. The van der Waals surface area contributed by atoms with Crippen LogP contribution in [0.1, 0.15) is 50.7 Å². The predicted octanol–water partition coefficient (Wildman–Crippen LogP) is 2.13. The van der Waals surface area contributed by atoms with Crippen LogP contribution in [0.3, 0.4) is 0 Å². The molecule has 0 radical (unpaired) electrons. The van der Waals surface area contributed by atoms with Gasteiger partial charge in [0.15, 0.2) is 5.82 Å². The lowest BCUT2D eigenvalue weighted by atomic mass is 10.00. The lowest BCUT2D eigenvalue weighted by Gasteiger charge is -2.18. The zero-order valence-electron chi connectivity index (χ0n) is 10.2. The van der Waals surface area contributed by atoms with Gasteiger partial charge in [-0.25, -0.2) is 0 Å². The fraction of sp³-hybridized carbons (Fsp3) is 0.833. The molecule has 2 heterocycles. The van der Waals surface area contributed by atoms with Gasteiger partial charge < -0.3 is 9.84 Å². The van der Waals surface area contributed by atoms with Crippen molar-refractivity contribution in [3.63, 3.8) is 0 Å². The van der Waals surface area contributed by atoms with Crippen LogP contribution in [0, 0.1) is 5.92 Å². The first-order chi connectivity index (χ1) is 7.75. The van der Waals surface area contributed by atoms with Crippen molar-refractivity contribution in [3.05, 3.63) is 11.7 Å². The van der Waals surface area contributed by atoms with E-state index >= 15 is 0 Å². The van der Waals surface area contributed by atoms with Crippen LogP contribution in [0.5, 0.6) is 0 Å². The molecule has 1 aromatic rings. The number of piperidine rings is 1. The molecule has 0 aliphatic carbocycles. The summed E-state index contributed by atoms with van der Waals surface area (Å²) in [5, 5.41) is 7.41. The number of nitrogens with one attached hydrogen (secondary N) is 1. The van der Waals surface area contributed by atoms with Gasteiger partial charge >= 0.3 is 0 Å². The lowest BCUT2D eigenvalue weighted by Crippen LogP contribution is -2.28. The summed E-state index contributed by atoms with van der Waals surface area (Å²) in [4.78, 5) is 4.49. The number of hydrogen-bond acceptors (Lipinski definition) is 4. The Morgan fingerprint density at radius 3 is 3.06 bits per heavy atom. The summed E-state index contributed by atoms with van der Waals surface area (Å²) < 4.78 is 5.34. The van der Waals surface area contributed by atoms with Gasteiger partial charge in [0.1, 0.15) is 0 Å². The fourth-order valence-corrected chi connectivity index (χ4v) is 2.02. The summed E-state index contributed by atoms with van der Waals surface area (Å²) in [7, 11) is 0. The van der Waals surface area contributed by atoms with Crippen molar-refractivity contribution < 1.29 is 4.52 Å². The van der Waals surface area contributed by atoms with Crippen LogP contribution in [0.2, 0.25) is 0 Å². The summed E-state index contributed by atoms with van der Waals surface area (Å²) >= 11 is 0. The average Bonchev–Trinajstić information content (AvgIpc) is 2.76. The fourth-order valence-electron chi connectivity index (χ4n) is 2.02. The molecule has 1 aromatic heterocycles. The van der Waals surface area contributed by atoms with Gasteiger partial charge in [0.25, 0.3) is 0 Å². The second-order valence-electron chi connectivity index (χ2n) is 5.02. The summed E-state index contributed by atoms with van der Waals surface area (Å²) in [6.45, 7) is 6.52. The van der Waals surface area contributed by atoms with Gasteiger partial charge in [-0.05, 0) is 31.7 Å². The van der Waals surface area contributed by atoms with Gasteiger partial charge in [-0.2, -0.15) is 4.98 Å². The predicted molar refractivity (Wildman–Crippen MR) is 62.3 cm³/mol. The van der Waals surface area contributed by atoms with Gasteiger partial charge in [-0.1, -0.05) is 19.0 Å². The molecule has 1 saturated heterocycles. The van der Waals surface area contributed by atoms with E-state index in [1.54, 1.807) is 0 Å². The maximum absolute atomic E-state index is 5.34. The molecule has 1 aliphatic rings. The monoisotopic (exact) mass is 223 g/mol. The standard InChI is InChI=1S/C12H21N3O/c1-9(2)5-6-11-14-12(16-15-11)10-4-3-7-13-8-10/h9-10,13H,3-8H2,1-2H3. The van der Waals surface area contributed by atoms with Crippen LogP contribution in [0.25, 0.3) is 0 Å². The Morgan fingerprint density at radius 1 is 1.50 bits per heavy atom. The molecular weight excluding hydrogens is 202 g/mol. The smallest absolute Gasteiger partial charge is 0.231 e. The summed E-state index contributed by atoms with van der Waals surface area (Å²) in [6, 6.07) is 0. The van der Waals surface area contributed by atoms with Gasteiger partial charge in [0.2, 0.25) is 5.89 Å². The Morgan fingerprint density at radius 2 is 2.38 bits per heavy atom. The van der Waals surface area contributed by atoms with E-state index in [9.17, 15) is 0 Å². The second-order valence-corrected chi connectivity index (χ2v) is 5.02. The quantitative estimate of drug-likeness (QED) is 0.849. The molecule has 1 atom stereocenters. The van der Waals surface area contributed by atoms with E-state index in [1.807, 2.05) is 0 Å². The van der Waals surface area contributed by atoms with E-state index in [0.717, 1.165) is 37.6 Å². The van der Waals surface area contributed by atoms with Crippen LogP contribution >= 0.6 is 0 Å². The Hall–Kier alpha value is -0.900. The summed E-state index contributed by atoms with van der Waals surface area (Å²) in [6.07, 6.45) is 4.43. The van der Waals surface area contributed by atoms with Gasteiger partial charge in [-0.3, -0.25) is 0 Å². The third-order valence-corrected chi connectivity index (χ3v) is 3.08. The molecule has 1 fully saturated rings. The van der Waals surface area contributed by atoms with Crippen LogP contribution in [-0.2, 0) is 6.42 Å². The van der Waals surface area contributed by atoms with Crippen molar-refractivity contribution in [1.29, 1.82) is 0 Å². The molecule has 4 nitrogen and oxygen atoms in total. The average molecular weight is 223 g/mol. The maximum atomic E-state index is 5.34. The molecule has 2 rings (SSSR count). The SMILES string of the molecule is CC(C)CCc1noc(C2CCCNC2)n1. The van der Waals surface area contributed by atoms with Crippen LogP contribution in [0.15, 0.2) is 4.52 Å². The third kappa shape index (κ3) is 3.04. The van der Waals surface area contributed by atoms with Crippen LogP contribution in [-0.4, -0.2) is 23.2 Å². The number of hydrogen-bond donors (Lipinski definition) is 1. The van der Waals surface area contributed by atoms with Crippen LogP contribution in [0.4, 0.5) is 0 Å². The molecule has 16 heavy (non-hydrogen) atoms. The van der Waals surface area contributed by atoms with Gasteiger partial charge in [0.05, 0.1) is 5.92 Å². The highest BCUT2D eigenvalue weighted by Gasteiger charge is 2.21. The zero-order chi connectivity index (χ0) is 11.4. The minimum atomic E-state index is 0.425. The molecule has 4 heteroatoms. The number of aryl methyl sites for hydroxylation is 1.